The number of rotatable bonds is 2. The third-order valence-electron chi connectivity index (χ3n) is 8.23. The molecule has 0 spiro atoms. The van der Waals surface area contributed by atoms with Crippen LogP contribution in [0.15, 0.2) is 23.8 Å². The Balaban J connectivity index is 1.70. The van der Waals surface area contributed by atoms with Crippen molar-refractivity contribution >= 4 is 11.8 Å². The van der Waals surface area contributed by atoms with Crippen LogP contribution in [0.25, 0.3) is 0 Å². The molecule has 0 radical (unpaired) electrons. The van der Waals surface area contributed by atoms with Crippen molar-refractivity contribution < 1.29 is 14.7 Å². The van der Waals surface area contributed by atoms with Gasteiger partial charge in [-0.1, -0.05) is 25.5 Å². The lowest BCUT2D eigenvalue weighted by Gasteiger charge is -2.57. The Kier molecular flexibility index (Phi) is 3.56. The summed E-state index contributed by atoms with van der Waals surface area (Å²) in [5, 5.41) is 9.75. The topological polar surface area (TPSA) is 54.4 Å². The van der Waals surface area contributed by atoms with Crippen LogP contribution >= 0.6 is 0 Å². The van der Waals surface area contributed by atoms with Crippen LogP contribution in [0.1, 0.15) is 58.8 Å². The van der Waals surface area contributed by atoms with E-state index < -0.39 is 5.97 Å². The zero-order valence-corrected chi connectivity index (χ0v) is 14.8. The van der Waals surface area contributed by atoms with E-state index in [9.17, 15) is 14.7 Å². The minimum atomic E-state index is -0.580. The molecule has 0 heterocycles. The molecule has 3 fully saturated rings. The van der Waals surface area contributed by atoms with E-state index in [1.807, 2.05) is 6.08 Å². The highest BCUT2D eigenvalue weighted by molar-refractivity contribution is 6.01. The summed E-state index contributed by atoms with van der Waals surface area (Å²) in [7, 11) is 0. The second-order valence-corrected chi connectivity index (χ2v) is 8.70. The molecule has 3 saturated carbocycles. The first-order valence-corrected chi connectivity index (χ1v) is 9.59. The molecule has 130 valence electrons. The number of fused-ring (bicyclic) bond motifs is 5. The highest BCUT2D eigenvalue weighted by Crippen LogP contribution is 2.67. The van der Waals surface area contributed by atoms with Gasteiger partial charge in [0, 0.05) is 5.41 Å². The first-order chi connectivity index (χ1) is 11.4. The van der Waals surface area contributed by atoms with Gasteiger partial charge in [0.05, 0.1) is 5.92 Å². The van der Waals surface area contributed by atoms with E-state index in [1.165, 1.54) is 5.57 Å². The van der Waals surface area contributed by atoms with Crippen LogP contribution in [0.5, 0.6) is 0 Å². The molecule has 1 N–H and O–H groups in total. The maximum atomic E-state index is 11.8. The van der Waals surface area contributed by atoms with Crippen molar-refractivity contribution in [2.75, 3.05) is 0 Å². The average Bonchev–Trinajstić information content (AvgIpc) is 2.95. The van der Waals surface area contributed by atoms with E-state index in [2.05, 4.69) is 19.9 Å². The molecule has 0 saturated heterocycles. The SMILES string of the molecule is CC[C@]12CC[C@H]3[C@@H](CCC4=CC(=O)C=C[C@@]43C)[C@@H]1CC[C@@H]2C(=O)O. The molecule has 6 atom stereocenters. The molecule has 24 heavy (non-hydrogen) atoms. The predicted molar refractivity (Wildman–Crippen MR) is 92.4 cm³/mol. The maximum Gasteiger partial charge on any atom is 0.307 e. The van der Waals surface area contributed by atoms with Crippen molar-refractivity contribution in [3.63, 3.8) is 0 Å². The molecular weight excluding hydrogens is 300 g/mol. The third-order valence-corrected chi connectivity index (χ3v) is 8.23. The van der Waals surface area contributed by atoms with Gasteiger partial charge in [-0.3, -0.25) is 9.59 Å². The highest BCUT2D eigenvalue weighted by atomic mass is 16.4. The smallest absolute Gasteiger partial charge is 0.307 e. The molecule has 0 aromatic carbocycles. The Hall–Kier alpha value is -1.38. The molecule has 4 aliphatic carbocycles. The summed E-state index contributed by atoms with van der Waals surface area (Å²) in [6, 6.07) is 0. The summed E-state index contributed by atoms with van der Waals surface area (Å²) in [4.78, 5) is 23.6. The molecule has 0 aromatic heterocycles. The van der Waals surface area contributed by atoms with E-state index in [0.29, 0.717) is 17.8 Å². The molecule has 4 aliphatic rings. The third kappa shape index (κ3) is 1.96. The largest absolute Gasteiger partial charge is 0.481 e. The molecule has 0 unspecified atom stereocenters. The Morgan fingerprint density at radius 2 is 2.04 bits per heavy atom. The van der Waals surface area contributed by atoms with Gasteiger partial charge < -0.3 is 5.11 Å². The van der Waals surface area contributed by atoms with Gasteiger partial charge in [0.25, 0.3) is 0 Å². The molecule has 3 heteroatoms. The first kappa shape index (κ1) is 16.1. The van der Waals surface area contributed by atoms with Crippen molar-refractivity contribution in [1.29, 1.82) is 0 Å². The fourth-order valence-electron chi connectivity index (χ4n) is 7.06. The number of hydrogen-bond donors (Lipinski definition) is 1. The Morgan fingerprint density at radius 3 is 2.75 bits per heavy atom. The Labute approximate surface area is 144 Å². The van der Waals surface area contributed by atoms with Gasteiger partial charge in [-0.15, -0.1) is 0 Å². The van der Waals surface area contributed by atoms with Crippen LogP contribution in [-0.4, -0.2) is 16.9 Å². The lowest BCUT2D eigenvalue weighted by Crippen LogP contribution is -2.51. The number of carbonyl (C=O) groups is 2. The van der Waals surface area contributed by atoms with Gasteiger partial charge >= 0.3 is 5.97 Å². The van der Waals surface area contributed by atoms with Gasteiger partial charge in [0.1, 0.15) is 0 Å². The van der Waals surface area contributed by atoms with Crippen molar-refractivity contribution in [1.82, 2.24) is 0 Å². The molecule has 4 rings (SSSR count). The van der Waals surface area contributed by atoms with E-state index >= 15 is 0 Å². The standard InChI is InChI=1S/C21H28O3/c1-3-21-11-9-16-15(17(21)6-7-18(21)19(23)24)5-4-13-12-14(22)8-10-20(13,16)2/h8,10,12,15-18H,3-7,9,11H2,1-2H3,(H,23,24)/t15-,16+,17+,18-,20+,21+/m1/s1. The average molecular weight is 328 g/mol. The molecule has 3 nitrogen and oxygen atoms in total. The normalized spacial score (nSPS) is 46.8. The summed E-state index contributed by atoms with van der Waals surface area (Å²) in [6.07, 6.45) is 13.0. The van der Waals surface area contributed by atoms with Crippen LogP contribution in [-0.2, 0) is 9.59 Å². The minimum absolute atomic E-state index is 0.0119. The summed E-state index contributed by atoms with van der Waals surface area (Å²) >= 11 is 0. The van der Waals surface area contributed by atoms with Gasteiger partial charge in [-0.2, -0.15) is 0 Å². The minimum Gasteiger partial charge on any atom is -0.481 e. The number of carbonyl (C=O) groups excluding carboxylic acids is 1. The second-order valence-electron chi connectivity index (χ2n) is 8.70. The van der Waals surface area contributed by atoms with E-state index in [0.717, 1.165) is 44.9 Å². The quantitative estimate of drug-likeness (QED) is 0.818. The highest BCUT2D eigenvalue weighted by Gasteiger charge is 2.61. The number of hydrogen-bond acceptors (Lipinski definition) is 2. The van der Waals surface area contributed by atoms with Crippen molar-refractivity contribution in [3.05, 3.63) is 23.8 Å². The van der Waals surface area contributed by atoms with Crippen LogP contribution in [0.2, 0.25) is 0 Å². The lowest BCUT2D eigenvalue weighted by atomic mass is 9.47. The lowest BCUT2D eigenvalue weighted by molar-refractivity contribution is -0.150. The van der Waals surface area contributed by atoms with E-state index in [1.54, 1.807) is 6.08 Å². The number of allylic oxidation sites excluding steroid dienone is 4. The van der Waals surface area contributed by atoms with Crippen LogP contribution < -0.4 is 0 Å². The summed E-state index contributed by atoms with van der Waals surface area (Å²) in [6.45, 7) is 4.50. The summed E-state index contributed by atoms with van der Waals surface area (Å²) in [5.74, 6) is 1.13. The number of aliphatic carboxylic acids is 1. The maximum absolute atomic E-state index is 11.8. The molecular formula is C21H28O3. The molecule has 0 aromatic rings. The van der Waals surface area contributed by atoms with Crippen LogP contribution in [0.3, 0.4) is 0 Å². The van der Waals surface area contributed by atoms with Gasteiger partial charge in [-0.05, 0) is 80.3 Å². The van der Waals surface area contributed by atoms with Crippen molar-refractivity contribution in [2.24, 2.45) is 34.5 Å². The fourth-order valence-corrected chi connectivity index (χ4v) is 7.06. The zero-order valence-electron chi connectivity index (χ0n) is 14.8. The number of carboxylic acids is 1. The monoisotopic (exact) mass is 328 g/mol. The summed E-state index contributed by atoms with van der Waals surface area (Å²) in [5.41, 5.74) is 1.34. The summed E-state index contributed by atoms with van der Waals surface area (Å²) < 4.78 is 0. The second kappa shape index (κ2) is 5.31. The molecule has 0 bridgehead atoms. The first-order valence-electron chi connectivity index (χ1n) is 9.59. The fraction of sp³-hybridized carbons (Fsp3) is 0.714. The molecule has 0 aliphatic heterocycles. The van der Waals surface area contributed by atoms with Gasteiger partial charge in [0.2, 0.25) is 0 Å². The van der Waals surface area contributed by atoms with E-state index in [4.69, 9.17) is 0 Å². The van der Waals surface area contributed by atoms with Crippen LogP contribution in [0.4, 0.5) is 0 Å². The number of carboxylic acid groups (broad SMARTS) is 1. The van der Waals surface area contributed by atoms with Crippen molar-refractivity contribution in [3.8, 4) is 0 Å². The van der Waals surface area contributed by atoms with Crippen LogP contribution in [0, 0.1) is 34.5 Å². The number of ketones is 1. The Bertz CT molecular complexity index is 645. The zero-order chi connectivity index (χ0) is 17.1. The van der Waals surface area contributed by atoms with Gasteiger partial charge in [0.15, 0.2) is 5.78 Å². The van der Waals surface area contributed by atoms with Gasteiger partial charge in [-0.25, -0.2) is 0 Å². The van der Waals surface area contributed by atoms with Crippen molar-refractivity contribution in [2.45, 2.75) is 58.8 Å². The molecule has 0 amide bonds. The predicted octanol–water partition coefficient (Wildman–Crippen LogP) is 4.39. The Morgan fingerprint density at radius 1 is 1.25 bits per heavy atom. The van der Waals surface area contributed by atoms with E-state index in [-0.39, 0.29) is 22.5 Å².